The summed E-state index contributed by atoms with van der Waals surface area (Å²) in [6.07, 6.45) is 1.86. The van der Waals surface area contributed by atoms with Gasteiger partial charge in [0, 0.05) is 22.3 Å². The van der Waals surface area contributed by atoms with Gasteiger partial charge in [-0.3, -0.25) is 0 Å². The quantitative estimate of drug-likeness (QED) is 0.428. The van der Waals surface area contributed by atoms with E-state index in [1.807, 2.05) is 60.8 Å². The summed E-state index contributed by atoms with van der Waals surface area (Å²) in [6, 6.07) is 22.6. The maximum atomic E-state index is 8.89. The summed E-state index contributed by atoms with van der Waals surface area (Å²) in [5, 5.41) is 9.58. The van der Waals surface area contributed by atoms with Crippen molar-refractivity contribution in [3.05, 3.63) is 89.1 Å². The molecule has 0 radical (unpaired) electrons. The molecule has 0 saturated carbocycles. The molecule has 4 rings (SSSR count). The van der Waals surface area contributed by atoms with Gasteiger partial charge in [-0.15, -0.1) is 0 Å². The van der Waals surface area contributed by atoms with E-state index in [0.29, 0.717) is 28.7 Å². The van der Waals surface area contributed by atoms with Crippen molar-refractivity contribution in [2.24, 2.45) is 0 Å². The predicted octanol–water partition coefficient (Wildman–Crippen LogP) is 5.86. The number of nitrogens with one attached hydrogen (secondary N) is 1. The van der Waals surface area contributed by atoms with Gasteiger partial charge in [0.05, 0.1) is 24.4 Å². The lowest BCUT2D eigenvalue weighted by molar-refractivity contribution is 0.284. The van der Waals surface area contributed by atoms with Gasteiger partial charge in [-0.25, -0.2) is 4.98 Å². The average molecular weight is 416 g/mol. The smallest absolute Gasteiger partial charge is 0.161 e. The van der Waals surface area contributed by atoms with Gasteiger partial charge >= 0.3 is 0 Å². The Morgan fingerprint density at radius 2 is 1.70 bits per heavy atom. The minimum absolute atomic E-state index is 0.379. The van der Waals surface area contributed by atoms with Gasteiger partial charge in [0.25, 0.3) is 0 Å². The molecule has 0 spiro atoms. The van der Waals surface area contributed by atoms with Crippen LogP contribution in [0.2, 0.25) is 5.02 Å². The number of aromatic nitrogens is 2. The molecule has 1 aromatic heterocycles. The molecule has 0 saturated heterocycles. The Balaban J connectivity index is 1.52. The molecule has 30 heavy (non-hydrogen) atoms. The molecule has 0 fully saturated rings. The molecule has 0 amide bonds. The molecule has 0 aliphatic rings. The first-order valence-corrected chi connectivity index (χ1v) is 9.65. The van der Waals surface area contributed by atoms with E-state index in [2.05, 4.69) is 16.0 Å². The van der Waals surface area contributed by atoms with Gasteiger partial charge in [0.2, 0.25) is 0 Å². The van der Waals surface area contributed by atoms with E-state index in [0.717, 1.165) is 28.2 Å². The van der Waals surface area contributed by atoms with Gasteiger partial charge in [0.1, 0.15) is 12.4 Å². The van der Waals surface area contributed by atoms with E-state index in [4.69, 9.17) is 26.3 Å². The van der Waals surface area contributed by atoms with Crippen LogP contribution in [-0.2, 0) is 6.61 Å². The first-order chi connectivity index (χ1) is 14.7. The number of halogens is 1. The van der Waals surface area contributed by atoms with Crippen LogP contribution in [0.25, 0.3) is 22.6 Å². The summed E-state index contributed by atoms with van der Waals surface area (Å²) < 4.78 is 11.4. The Labute approximate surface area is 179 Å². The molecular formula is C24H18ClN3O2. The zero-order valence-electron chi connectivity index (χ0n) is 16.2. The van der Waals surface area contributed by atoms with E-state index < -0.39 is 0 Å². The predicted molar refractivity (Wildman–Crippen MR) is 117 cm³/mol. The Morgan fingerprint density at radius 1 is 0.967 bits per heavy atom. The number of benzene rings is 3. The summed E-state index contributed by atoms with van der Waals surface area (Å²) >= 11 is 5.96. The number of methoxy groups -OCH3 is 1. The molecule has 3 aromatic carbocycles. The number of ether oxygens (including phenoxy) is 2. The molecule has 0 aliphatic heterocycles. The van der Waals surface area contributed by atoms with Crippen molar-refractivity contribution in [2.45, 2.75) is 6.61 Å². The first-order valence-electron chi connectivity index (χ1n) is 9.28. The second kappa shape index (κ2) is 8.73. The molecule has 148 valence electrons. The fourth-order valence-electron chi connectivity index (χ4n) is 3.01. The second-order valence-electron chi connectivity index (χ2n) is 6.60. The van der Waals surface area contributed by atoms with Gasteiger partial charge in [-0.05, 0) is 60.2 Å². The van der Waals surface area contributed by atoms with Crippen LogP contribution in [0.3, 0.4) is 0 Å². The van der Waals surface area contributed by atoms with E-state index in [9.17, 15) is 0 Å². The van der Waals surface area contributed by atoms with Crippen molar-refractivity contribution in [1.82, 2.24) is 9.97 Å². The lowest BCUT2D eigenvalue weighted by Crippen LogP contribution is -1.98. The number of rotatable bonds is 6. The Bertz CT molecular complexity index is 1190. The molecule has 0 bridgehead atoms. The zero-order chi connectivity index (χ0) is 20.9. The van der Waals surface area contributed by atoms with Crippen LogP contribution in [0.1, 0.15) is 11.1 Å². The number of hydrogen-bond acceptors (Lipinski definition) is 4. The fourth-order valence-corrected chi connectivity index (χ4v) is 3.13. The lowest BCUT2D eigenvalue weighted by Gasteiger charge is -2.12. The zero-order valence-corrected chi connectivity index (χ0v) is 17.0. The van der Waals surface area contributed by atoms with Crippen molar-refractivity contribution < 1.29 is 9.47 Å². The number of H-pyrrole nitrogens is 1. The maximum Gasteiger partial charge on any atom is 0.161 e. The van der Waals surface area contributed by atoms with Gasteiger partial charge < -0.3 is 14.5 Å². The third-order valence-electron chi connectivity index (χ3n) is 4.63. The van der Waals surface area contributed by atoms with Crippen LogP contribution in [0.4, 0.5) is 0 Å². The van der Waals surface area contributed by atoms with Gasteiger partial charge in [-0.2, -0.15) is 5.26 Å². The summed E-state index contributed by atoms with van der Waals surface area (Å²) in [4.78, 5) is 7.87. The van der Waals surface area contributed by atoms with E-state index in [1.165, 1.54) is 0 Å². The third-order valence-corrected chi connectivity index (χ3v) is 4.88. The highest BCUT2D eigenvalue weighted by molar-refractivity contribution is 6.30. The van der Waals surface area contributed by atoms with Crippen LogP contribution in [0.15, 0.2) is 72.9 Å². The molecule has 0 atom stereocenters. The molecule has 0 aliphatic carbocycles. The largest absolute Gasteiger partial charge is 0.493 e. The number of imidazole rings is 1. The standard InChI is InChI=1S/C24H18ClN3O2/c1-29-23-12-19(21-14-27-24(28-21)18-6-9-20(25)10-7-18)8-11-22(23)30-15-17-4-2-16(13-26)3-5-17/h2-12,14H,15H2,1H3,(H,27,28). The van der Waals surface area contributed by atoms with Crippen LogP contribution >= 0.6 is 11.6 Å². The van der Waals surface area contributed by atoms with Crippen molar-refractivity contribution in [1.29, 1.82) is 5.26 Å². The topological polar surface area (TPSA) is 70.9 Å². The lowest BCUT2D eigenvalue weighted by atomic mass is 10.1. The number of aromatic amines is 1. The normalized spacial score (nSPS) is 10.4. The Kier molecular flexibility index (Phi) is 5.69. The second-order valence-corrected chi connectivity index (χ2v) is 7.04. The molecule has 1 heterocycles. The summed E-state index contributed by atoms with van der Waals surface area (Å²) in [5.74, 6) is 2.03. The molecule has 1 N–H and O–H groups in total. The summed E-state index contributed by atoms with van der Waals surface area (Å²) in [5.41, 5.74) is 4.27. The molecular weight excluding hydrogens is 398 g/mol. The molecule has 0 unspecified atom stereocenters. The third kappa shape index (κ3) is 4.29. The Hall–Kier alpha value is -3.75. The fraction of sp³-hybridized carbons (Fsp3) is 0.0833. The minimum atomic E-state index is 0.379. The monoisotopic (exact) mass is 415 g/mol. The van der Waals surface area contributed by atoms with Crippen molar-refractivity contribution >= 4 is 11.6 Å². The van der Waals surface area contributed by atoms with Crippen LogP contribution in [0, 0.1) is 11.3 Å². The van der Waals surface area contributed by atoms with Crippen LogP contribution < -0.4 is 9.47 Å². The maximum absolute atomic E-state index is 8.89. The highest BCUT2D eigenvalue weighted by Crippen LogP contribution is 2.33. The first kappa shape index (κ1) is 19.6. The molecule has 6 heteroatoms. The minimum Gasteiger partial charge on any atom is -0.493 e. The van der Waals surface area contributed by atoms with Gasteiger partial charge in [0.15, 0.2) is 11.5 Å². The summed E-state index contributed by atoms with van der Waals surface area (Å²) in [6.45, 7) is 0.379. The van der Waals surface area contributed by atoms with E-state index >= 15 is 0 Å². The van der Waals surface area contributed by atoms with E-state index in [1.54, 1.807) is 19.2 Å². The highest BCUT2D eigenvalue weighted by Gasteiger charge is 2.11. The van der Waals surface area contributed by atoms with Crippen molar-refractivity contribution in [3.8, 4) is 40.2 Å². The Morgan fingerprint density at radius 3 is 2.40 bits per heavy atom. The molecule has 5 nitrogen and oxygen atoms in total. The molecule has 4 aromatic rings. The van der Waals surface area contributed by atoms with E-state index in [-0.39, 0.29) is 0 Å². The van der Waals surface area contributed by atoms with Gasteiger partial charge in [-0.1, -0.05) is 23.7 Å². The number of nitriles is 1. The number of hydrogen-bond donors (Lipinski definition) is 1. The number of nitrogens with zero attached hydrogens (tertiary/aromatic N) is 2. The van der Waals surface area contributed by atoms with Crippen LogP contribution in [0.5, 0.6) is 11.5 Å². The average Bonchev–Trinajstić information content (AvgIpc) is 3.28. The van der Waals surface area contributed by atoms with Crippen molar-refractivity contribution in [2.75, 3.05) is 7.11 Å². The van der Waals surface area contributed by atoms with Crippen LogP contribution in [-0.4, -0.2) is 17.1 Å². The van der Waals surface area contributed by atoms with Crippen molar-refractivity contribution in [3.63, 3.8) is 0 Å². The summed E-state index contributed by atoms with van der Waals surface area (Å²) in [7, 11) is 1.61. The SMILES string of the molecule is COc1cc(-c2c[nH]c(-c3ccc(Cl)cc3)n2)ccc1OCc1ccc(C#N)cc1. The highest BCUT2D eigenvalue weighted by atomic mass is 35.5.